The van der Waals surface area contributed by atoms with E-state index in [1.807, 2.05) is 13.8 Å². The second-order valence-corrected chi connectivity index (χ2v) is 4.76. The summed E-state index contributed by atoms with van der Waals surface area (Å²) in [6, 6.07) is 3.13. The Morgan fingerprint density at radius 2 is 1.95 bits per heavy atom. The van der Waals surface area contributed by atoms with E-state index < -0.39 is 23.7 Å². The Labute approximate surface area is 108 Å². The highest BCUT2D eigenvalue weighted by atomic mass is 19.4. The van der Waals surface area contributed by atoms with Crippen LogP contribution in [0.2, 0.25) is 0 Å². The predicted octanol–water partition coefficient (Wildman–Crippen LogP) is 3.28. The summed E-state index contributed by atoms with van der Waals surface area (Å²) in [5.74, 6) is -1.26. The van der Waals surface area contributed by atoms with Crippen LogP contribution in [0.3, 0.4) is 0 Å². The van der Waals surface area contributed by atoms with Crippen molar-refractivity contribution < 1.29 is 22.3 Å². The Morgan fingerprint density at radius 3 is 2.53 bits per heavy atom. The van der Waals surface area contributed by atoms with Gasteiger partial charge in [0.2, 0.25) is 0 Å². The quantitative estimate of drug-likeness (QED) is 0.795. The third-order valence-electron chi connectivity index (χ3n) is 3.38. The molecule has 0 radical (unpaired) electrons. The van der Waals surface area contributed by atoms with E-state index in [4.69, 9.17) is 4.74 Å². The summed E-state index contributed by atoms with van der Waals surface area (Å²) in [6.45, 7) is 4.19. The third kappa shape index (κ3) is 3.06. The third-order valence-corrected chi connectivity index (χ3v) is 3.38. The predicted molar refractivity (Wildman–Crippen MR) is 62.2 cm³/mol. The van der Waals surface area contributed by atoms with E-state index in [0.29, 0.717) is 12.1 Å². The molecule has 1 aliphatic heterocycles. The lowest BCUT2D eigenvalue weighted by atomic mass is 10.0. The lowest BCUT2D eigenvalue weighted by Crippen LogP contribution is -2.46. The van der Waals surface area contributed by atoms with E-state index in [2.05, 4.69) is 5.32 Å². The zero-order valence-electron chi connectivity index (χ0n) is 10.6. The maximum absolute atomic E-state index is 13.2. The molecule has 0 amide bonds. The molecule has 1 saturated heterocycles. The summed E-state index contributed by atoms with van der Waals surface area (Å²) >= 11 is 0. The van der Waals surface area contributed by atoms with Crippen LogP contribution in [0.4, 0.5) is 17.6 Å². The Kier molecular flexibility index (Phi) is 3.82. The van der Waals surface area contributed by atoms with Crippen LogP contribution in [-0.4, -0.2) is 18.7 Å². The van der Waals surface area contributed by atoms with E-state index >= 15 is 0 Å². The first-order valence-electron chi connectivity index (χ1n) is 6.04. The number of halogens is 4. The maximum atomic E-state index is 13.2. The zero-order valence-corrected chi connectivity index (χ0v) is 10.6. The minimum atomic E-state index is -4.69. The van der Waals surface area contributed by atoms with Crippen molar-refractivity contribution >= 4 is 0 Å². The van der Waals surface area contributed by atoms with Gasteiger partial charge in [-0.2, -0.15) is 13.2 Å². The molecule has 1 aromatic rings. The van der Waals surface area contributed by atoms with Crippen molar-refractivity contribution in [3.05, 3.63) is 35.1 Å². The highest BCUT2D eigenvalue weighted by Crippen LogP contribution is 2.34. The molecule has 0 aliphatic carbocycles. The van der Waals surface area contributed by atoms with Gasteiger partial charge in [-0.1, -0.05) is 6.07 Å². The fourth-order valence-electron chi connectivity index (χ4n) is 2.04. The van der Waals surface area contributed by atoms with Crippen LogP contribution in [0.15, 0.2) is 18.2 Å². The molecule has 0 bridgehead atoms. The van der Waals surface area contributed by atoms with Crippen LogP contribution in [0.1, 0.15) is 31.1 Å². The van der Waals surface area contributed by atoms with Gasteiger partial charge >= 0.3 is 6.18 Å². The molecule has 2 rings (SSSR count). The Morgan fingerprint density at radius 1 is 1.26 bits per heavy atom. The lowest BCUT2D eigenvalue weighted by Gasteiger charge is -2.34. The van der Waals surface area contributed by atoms with Crippen molar-refractivity contribution in [1.29, 1.82) is 0 Å². The van der Waals surface area contributed by atoms with Crippen molar-refractivity contribution in [2.75, 3.05) is 6.54 Å². The molecule has 3 atom stereocenters. The molecule has 1 heterocycles. The van der Waals surface area contributed by atoms with Crippen LogP contribution in [0.25, 0.3) is 0 Å². The molecule has 1 N–H and O–H groups in total. The number of ether oxygens (including phenoxy) is 1. The summed E-state index contributed by atoms with van der Waals surface area (Å²) in [5, 5.41) is 3.15. The number of rotatable bonds is 1. The van der Waals surface area contributed by atoms with Crippen molar-refractivity contribution in [2.24, 2.45) is 0 Å². The summed E-state index contributed by atoms with van der Waals surface area (Å²) in [5.41, 5.74) is -0.917. The number of benzene rings is 1. The molecule has 3 unspecified atom stereocenters. The molecular weight excluding hydrogens is 262 g/mol. The fraction of sp³-hybridized carbons (Fsp3) is 0.538. The normalized spacial score (nSPS) is 28.4. The van der Waals surface area contributed by atoms with Crippen molar-refractivity contribution in [1.82, 2.24) is 5.32 Å². The van der Waals surface area contributed by atoms with Crippen LogP contribution in [0, 0.1) is 5.82 Å². The molecule has 0 aromatic heterocycles. The molecule has 106 valence electrons. The Bertz CT molecular complexity index is 460. The zero-order chi connectivity index (χ0) is 14.2. The standard InChI is InChI=1S/C13H15F4NO/c1-7-8(2)19-12(6-18-7)9-3-4-11(14)10(5-9)13(15,16)17/h3-5,7-8,12,18H,6H2,1-2H3. The minimum absolute atomic E-state index is 0.113. The van der Waals surface area contributed by atoms with E-state index in [0.717, 1.165) is 12.1 Å². The van der Waals surface area contributed by atoms with Crippen molar-refractivity contribution in [3.63, 3.8) is 0 Å². The molecule has 1 aliphatic rings. The van der Waals surface area contributed by atoms with Gasteiger partial charge in [-0.25, -0.2) is 4.39 Å². The monoisotopic (exact) mass is 277 g/mol. The van der Waals surface area contributed by atoms with Gasteiger partial charge in [0, 0.05) is 12.6 Å². The van der Waals surface area contributed by atoms with Crippen LogP contribution in [0.5, 0.6) is 0 Å². The van der Waals surface area contributed by atoms with Gasteiger partial charge in [0.15, 0.2) is 0 Å². The Balaban J connectivity index is 2.27. The first-order valence-corrected chi connectivity index (χ1v) is 6.04. The van der Waals surface area contributed by atoms with Gasteiger partial charge in [0.1, 0.15) is 5.82 Å². The van der Waals surface area contributed by atoms with Gasteiger partial charge in [-0.3, -0.25) is 0 Å². The Hall–Kier alpha value is -1.14. The molecule has 6 heteroatoms. The van der Waals surface area contributed by atoms with E-state index in [9.17, 15) is 17.6 Å². The number of morpholine rings is 1. The highest BCUT2D eigenvalue weighted by Gasteiger charge is 2.35. The SMILES string of the molecule is CC1NCC(c2ccc(F)c(C(F)(F)F)c2)OC1C. The van der Waals surface area contributed by atoms with Crippen LogP contribution in [-0.2, 0) is 10.9 Å². The van der Waals surface area contributed by atoms with Crippen LogP contribution >= 0.6 is 0 Å². The summed E-state index contributed by atoms with van der Waals surface area (Å²) in [4.78, 5) is 0. The summed E-state index contributed by atoms with van der Waals surface area (Å²) < 4.78 is 56.7. The number of hydrogen-bond acceptors (Lipinski definition) is 2. The molecule has 2 nitrogen and oxygen atoms in total. The average Bonchev–Trinajstić information content (AvgIpc) is 2.32. The summed E-state index contributed by atoms with van der Waals surface area (Å²) in [7, 11) is 0. The van der Waals surface area contributed by atoms with Gasteiger partial charge in [-0.15, -0.1) is 0 Å². The van der Waals surface area contributed by atoms with Gasteiger partial charge in [-0.05, 0) is 31.5 Å². The molecule has 1 aromatic carbocycles. The topological polar surface area (TPSA) is 21.3 Å². The number of nitrogens with one attached hydrogen (secondary N) is 1. The molecule has 0 saturated carbocycles. The molecule has 0 spiro atoms. The van der Waals surface area contributed by atoms with Gasteiger partial charge in [0.25, 0.3) is 0 Å². The summed E-state index contributed by atoms with van der Waals surface area (Å²) in [6.07, 6.45) is -5.30. The number of alkyl halides is 3. The number of hydrogen-bond donors (Lipinski definition) is 1. The van der Waals surface area contributed by atoms with E-state index in [1.165, 1.54) is 6.07 Å². The van der Waals surface area contributed by atoms with Crippen molar-refractivity contribution in [2.45, 2.75) is 38.3 Å². The van der Waals surface area contributed by atoms with Gasteiger partial charge in [0.05, 0.1) is 17.8 Å². The first-order chi connectivity index (χ1) is 8.79. The first kappa shape index (κ1) is 14.3. The molecule has 19 heavy (non-hydrogen) atoms. The molecule has 1 fully saturated rings. The minimum Gasteiger partial charge on any atom is -0.368 e. The fourth-order valence-corrected chi connectivity index (χ4v) is 2.04. The average molecular weight is 277 g/mol. The maximum Gasteiger partial charge on any atom is 0.419 e. The molecular formula is C13H15F4NO. The smallest absolute Gasteiger partial charge is 0.368 e. The second kappa shape index (κ2) is 5.09. The van der Waals surface area contributed by atoms with E-state index in [1.54, 1.807) is 0 Å². The lowest BCUT2D eigenvalue weighted by molar-refractivity contribution is -0.140. The van der Waals surface area contributed by atoms with E-state index in [-0.39, 0.29) is 12.1 Å². The second-order valence-electron chi connectivity index (χ2n) is 4.76. The van der Waals surface area contributed by atoms with Crippen LogP contribution < -0.4 is 5.32 Å². The van der Waals surface area contributed by atoms with Crippen molar-refractivity contribution in [3.8, 4) is 0 Å². The highest BCUT2D eigenvalue weighted by molar-refractivity contribution is 5.29. The van der Waals surface area contributed by atoms with Gasteiger partial charge < -0.3 is 10.1 Å². The largest absolute Gasteiger partial charge is 0.419 e.